The van der Waals surface area contributed by atoms with Crippen LogP contribution in [0.5, 0.6) is 0 Å². The van der Waals surface area contributed by atoms with Gasteiger partial charge < -0.3 is 10.0 Å². The van der Waals surface area contributed by atoms with Crippen molar-refractivity contribution < 1.29 is 9.90 Å². The van der Waals surface area contributed by atoms with Crippen LogP contribution in [0.25, 0.3) is 0 Å². The number of carboxylic acids is 1. The van der Waals surface area contributed by atoms with E-state index < -0.39 is 11.4 Å². The van der Waals surface area contributed by atoms with E-state index in [1.165, 1.54) is 0 Å². The SMILES string of the molecule is CCC1(C(=O)O)CCCN(c2nc(C)ccc2C#N)C1. The standard InChI is InChI=1S/C15H19N3O2/c1-3-15(14(19)20)7-4-8-18(10-15)13-12(9-16)6-5-11(2)17-13/h5-6H,3-4,7-8,10H2,1-2H3,(H,19,20). The van der Waals surface area contributed by atoms with Gasteiger partial charge in [0.25, 0.3) is 0 Å². The first-order chi connectivity index (χ1) is 9.52. The highest BCUT2D eigenvalue weighted by molar-refractivity contribution is 5.76. The van der Waals surface area contributed by atoms with Crippen LogP contribution >= 0.6 is 0 Å². The summed E-state index contributed by atoms with van der Waals surface area (Å²) in [6.07, 6.45) is 2.08. The molecule has 0 aliphatic carbocycles. The molecule has 0 aromatic carbocycles. The average molecular weight is 273 g/mol. The van der Waals surface area contributed by atoms with Gasteiger partial charge >= 0.3 is 5.97 Å². The van der Waals surface area contributed by atoms with Crippen LogP contribution < -0.4 is 4.90 Å². The number of anilines is 1. The van der Waals surface area contributed by atoms with E-state index in [4.69, 9.17) is 0 Å². The molecule has 1 aliphatic heterocycles. The molecule has 1 aromatic heterocycles. The van der Waals surface area contributed by atoms with Gasteiger partial charge in [-0.25, -0.2) is 4.98 Å². The summed E-state index contributed by atoms with van der Waals surface area (Å²) in [6, 6.07) is 5.70. The van der Waals surface area contributed by atoms with Crippen molar-refractivity contribution in [2.45, 2.75) is 33.1 Å². The van der Waals surface area contributed by atoms with Gasteiger partial charge in [0, 0.05) is 18.8 Å². The smallest absolute Gasteiger partial charge is 0.311 e. The molecule has 1 unspecified atom stereocenters. The summed E-state index contributed by atoms with van der Waals surface area (Å²) in [7, 11) is 0. The number of rotatable bonds is 3. The molecule has 1 fully saturated rings. The van der Waals surface area contributed by atoms with E-state index in [9.17, 15) is 15.2 Å². The second-order valence-corrected chi connectivity index (χ2v) is 5.40. The molecule has 5 heteroatoms. The number of pyridine rings is 1. The molecule has 2 rings (SSSR count). The maximum absolute atomic E-state index is 11.6. The van der Waals surface area contributed by atoms with E-state index in [-0.39, 0.29) is 0 Å². The quantitative estimate of drug-likeness (QED) is 0.914. The first-order valence-electron chi connectivity index (χ1n) is 6.88. The number of hydrogen-bond acceptors (Lipinski definition) is 4. The summed E-state index contributed by atoms with van der Waals surface area (Å²) in [5.74, 6) is -0.137. The van der Waals surface area contributed by atoms with Crippen molar-refractivity contribution in [3.05, 3.63) is 23.4 Å². The highest BCUT2D eigenvalue weighted by Gasteiger charge is 2.41. The fourth-order valence-corrected chi connectivity index (χ4v) is 2.80. The van der Waals surface area contributed by atoms with E-state index in [1.54, 1.807) is 12.1 Å². The predicted octanol–water partition coefficient (Wildman–Crippen LogP) is 2.34. The minimum Gasteiger partial charge on any atom is -0.481 e. The first-order valence-corrected chi connectivity index (χ1v) is 6.88. The fourth-order valence-electron chi connectivity index (χ4n) is 2.80. The molecule has 1 saturated heterocycles. The topological polar surface area (TPSA) is 77.2 Å². The molecule has 0 bridgehead atoms. The second kappa shape index (κ2) is 5.49. The number of piperidine rings is 1. The molecule has 1 atom stereocenters. The Morgan fingerprint density at radius 2 is 2.35 bits per heavy atom. The van der Waals surface area contributed by atoms with Crippen molar-refractivity contribution in [3.8, 4) is 6.07 Å². The summed E-state index contributed by atoms with van der Waals surface area (Å²) in [5.41, 5.74) is 0.617. The van der Waals surface area contributed by atoms with Gasteiger partial charge in [0.15, 0.2) is 0 Å². The van der Waals surface area contributed by atoms with Crippen LogP contribution in [0.3, 0.4) is 0 Å². The lowest BCUT2D eigenvalue weighted by molar-refractivity contribution is -0.149. The summed E-state index contributed by atoms with van der Waals surface area (Å²) in [5, 5.41) is 18.7. The zero-order valence-corrected chi connectivity index (χ0v) is 11.9. The van der Waals surface area contributed by atoms with Crippen molar-refractivity contribution in [1.29, 1.82) is 5.26 Å². The van der Waals surface area contributed by atoms with Gasteiger partial charge in [-0.3, -0.25) is 4.79 Å². The van der Waals surface area contributed by atoms with Crippen LogP contribution in [0.15, 0.2) is 12.1 Å². The number of carboxylic acid groups (broad SMARTS) is 1. The molecule has 0 radical (unpaired) electrons. The number of aromatic nitrogens is 1. The van der Waals surface area contributed by atoms with Crippen LogP contribution in [-0.2, 0) is 4.79 Å². The summed E-state index contributed by atoms with van der Waals surface area (Å²) < 4.78 is 0. The van der Waals surface area contributed by atoms with E-state index in [0.717, 1.165) is 18.7 Å². The van der Waals surface area contributed by atoms with Crippen LogP contribution in [0.4, 0.5) is 5.82 Å². The highest BCUT2D eigenvalue weighted by Crippen LogP contribution is 2.36. The molecule has 0 saturated carbocycles. The third kappa shape index (κ3) is 2.46. The molecule has 1 aliphatic rings. The Hall–Kier alpha value is -2.09. The lowest BCUT2D eigenvalue weighted by Gasteiger charge is -2.40. The van der Waals surface area contributed by atoms with E-state index in [2.05, 4.69) is 11.1 Å². The normalized spacial score (nSPS) is 22.4. The first kappa shape index (κ1) is 14.3. The summed E-state index contributed by atoms with van der Waals surface area (Å²) in [4.78, 5) is 18.0. The van der Waals surface area contributed by atoms with Crippen LogP contribution in [0, 0.1) is 23.7 Å². The predicted molar refractivity (Wildman–Crippen MR) is 75.5 cm³/mol. The molecular formula is C15H19N3O2. The van der Waals surface area contributed by atoms with Crippen LogP contribution in [0.2, 0.25) is 0 Å². The zero-order valence-electron chi connectivity index (χ0n) is 11.9. The average Bonchev–Trinajstić information content (AvgIpc) is 2.47. The third-order valence-corrected chi connectivity index (χ3v) is 4.14. The lowest BCUT2D eigenvalue weighted by Crippen LogP contribution is -2.48. The van der Waals surface area contributed by atoms with Gasteiger partial charge in [-0.2, -0.15) is 5.26 Å². The third-order valence-electron chi connectivity index (χ3n) is 4.14. The largest absolute Gasteiger partial charge is 0.481 e. The Morgan fingerprint density at radius 3 is 2.95 bits per heavy atom. The van der Waals surface area contributed by atoms with E-state index in [0.29, 0.717) is 30.8 Å². The molecule has 2 heterocycles. The molecule has 0 spiro atoms. The van der Waals surface area contributed by atoms with E-state index >= 15 is 0 Å². The van der Waals surface area contributed by atoms with Crippen LogP contribution in [-0.4, -0.2) is 29.1 Å². The second-order valence-electron chi connectivity index (χ2n) is 5.40. The highest BCUT2D eigenvalue weighted by atomic mass is 16.4. The van der Waals surface area contributed by atoms with Crippen molar-refractivity contribution in [2.75, 3.05) is 18.0 Å². The number of aliphatic carboxylic acids is 1. The Morgan fingerprint density at radius 1 is 1.60 bits per heavy atom. The van der Waals surface area contributed by atoms with Crippen molar-refractivity contribution in [2.24, 2.45) is 5.41 Å². The minimum absolute atomic E-state index is 0.421. The number of nitrogens with zero attached hydrogens (tertiary/aromatic N) is 3. The van der Waals surface area contributed by atoms with Gasteiger partial charge in [-0.1, -0.05) is 6.92 Å². The maximum atomic E-state index is 11.6. The van der Waals surface area contributed by atoms with Gasteiger partial charge in [0.05, 0.1) is 11.0 Å². The molecule has 1 N–H and O–H groups in total. The fraction of sp³-hybridized carbons (Fsp3) is 0.533. The molecular weight excluding hydrogens is 254 g/mol. The Balaban J connectivity index is 2.37. The Labute approximate surface area is 118 Å². The molecule has 20 heavy (non-hydrogen) atoms. The van der Waals surface area contributed by atoms with Gasteiger partial charge in [-0.05, 0) is 38.3 Å². The summed E-state index contributed by atoms with van der Waals surface area (Å²) in [6.45, 7) is 4.95. The molecule has 5 nitrogen and oxygen atoms in total. The van der Waals surface area contributed by atoms with Crippen molar-refractivity contribution in [1.82, 2.24) is 4.98 Å². The zero-order chi connectivity index (χ0) is 14.8. The number of carbonyl (C=O) groups is 1. The Kier molecular flexibility index (Phi) is 3.93. The van der Waals surface area contributed by atoms with Crippen molar-refractivity contribution >= 4 is 11.8 Å². The lowest BCUT2D eigenvalue weighted by atomic mass is 9.77. The van der Waals surface area contributed by atoms with Gasteiger partial charge in [-0.15, -0.1) is 0 Å². The molecule has 106 valence electrons. The maximum Gasteiger partial charge on any atom is 0.311 e. The van der Waals surface area contributed by atoms with Crippen LogP contribution in [0.1, 0.15) is 37.4 Å². The minimum atomic E-state index is -0.754. The molecule has 1 aromatic rings. The monoisotopic (exact) mass is 273 g/mol. The number of hydrogen-bond donors (Lipinski definition) is 1. The summed E-state index contributed by atoms with van der Waals surface area (Å²) >= 11 is 0. The number of aryl methyl sites for hydroxylation is 1. The van der Waals surface area contributed by atoms with E-state index in [1.807, 2.05) is 18.7 Å². The Bertz CT molecular complexity index is 565. The van der Waals surface area contributed by atoms with Crippen molar-refractivity contribution in [3.63, 3.8) is 0 Å². The van der Waals surface area contributed by atoms with Gasteiger partial charge in [0.1, 0.15) is 11.9 Å². The van der Waals surface area contributed by atoms with Gasteiger partial charge in [0.2, 0.25) is 0 Å². The number of nitriles is 1. The molecule has 0 amide bonds.